The van der Waals surface area contributed by atoms with E-state index in [1.54, 1.807) is 13.0 Å². The Morgan fingerprint density at radius 3 is 3.00 bits per heavy atom. The van der Waals surface area contributed by atoms with Crippen LogP contribution in [0, 0.1) is 18.7 Å². The molecule has 1 aromatic rings. The van der Waals surface area contributed by atoms with E-state index in [0.717, 1.165) is 19.5 Å². The van der Waals surface area contributed by atoms with Crippen molar-refractivity contribution >= 4 is 0 Å². The highest BCUT2D eigenvalue weighted by Crippen LogP contribution is 2.24. The lowest BCUT2D eigenvalue weighted by atomic mass is 9.97. The summed E-state index contributed by atoms with van der Waals surface area (Å²) in [4.78, 5) is 0. The second kappa shape index (κ2) is 4.19. The van der Waals surface area contributed by atoms with Gasteiger partial charge in [-0.25, -0.2) is 4.39 Å². The molecular formula is C12H16FNO. The van der Waals surface area contributed by atoms with Crippen LogP contribution in [-0.2, 0) is 6.42 Å². The lowest BCUT2D eigenvalue weighted by Crippen LogP contribution is -2.11. The molecule has 0 radical (unpaired) electrons. The van der Waals surface area contributed by atoms with Crippen molar-refractivity contribution in [1.82, 2.24) is 5.32 Å². The van der Waals surface area contributed by atoms with Crippen LogP contribution in [0.25, 0.3) is 0 Å². The van der Waals surface area contributed by atoms with Crippen LogP contribution in [0.3, 0.4) is 0 Å². The molecule has 0 aliphatic carbocycles. The average molecular weight is 209 g/mol. The first-order valence-corrected chi connectivity index (χ1v) is 5.35. The van der Waals surface area contributed by atoms with Crippen molar-refractivity contribution in [2.24, 2.45) is 5.92 Å². The summed E-state index contributed by atoms with van der Waals surface area (Å²) < 4.78 is 13.6. The van der Waals surface area contributed by atoms with E-state index in [4.69, 9.17) is 0 Å². The molecule has 1 unspecified atom stereocenters. The number of hydrogen-bond donors (Lipinski definition) is 2. The molecule has 0 saturated carbocycles. The smallest absolute Gasteiger partial charge is 0.126 e. The third-order valence-corrected chi connectivity index (χ3v) is 3.04. The molecular weight excluding hydrogens is 193 g/mol. The standard InChI is InChI=1S/C12H16FNO/c1-8-4-11(13)10(6-12(8)15)5-9-2-3-14-7-9/h4,6,9,14-15H,2-3,5,7H2,1H3. The van der Waals surface area contributed by atoms with Crippen molar-refractivity contribution in [1.29, 1.82) is 0 Å². The molecule has 15 heavy (non-hydrogen) atoms. The minimum absolute atomic E-state index is 0.192. The van der Waals surface area contributed by atoms with Crippen LogP contribution >= 0.6 is 0 Å². The molecule has 2 N–H and O–H groups in total. The number of aryl methyl sites for hydroxylation is 1. The topological polar surface area (TPSA) is 32.3 Å². The molecule has 0 bridgehead atoms. The Hall–Kier alpha value is -1.09. The van der Waals surface area contributed by atoms with E-state index in [9.17, 15) is 9.50 Å². The largest absolute Gasteiger partial charge is 0.508 e. The Labute approximate surface area is 89.1 Å². The molecule has 1 heterocycles. The number of nitrogens with one attached hydrogen (secondary N) is 1. The molecule has 0 aromatic heterocycles. The first-order valence-electron chi connectivity index (χ1n) is 5.35. The number of hydrogen-bond acceptors (Lipinski definition) is 2. The second-order valence-corrected chi connectivity index (χ2v) is 4.29. The van der Waals surface area contributed by atoms with Gasteiger partial charge < -0.3 is 10.4 Å². The van der Waals surface area contributed by atoms with E-state index in [0.29, 0.717) is 23.5 Å². The Balaban J connectivity index is 2.16. The van der Waals surface area contributed by atoms with E-state index < -0.39 is 0 Å². The maximum absolute atomic E-state index is 13.6. The van der Waals surface area contributed by atoms with Crippen LogP contribution in [0.5, 0.6) is 5.75 Å². The maximum atomic E-state index is 13.6. The summed E-state index contributed by atoms with van der Waals surface area (Å²) in [5.74, 6) is 0.496. The quantitative estimate of drug-likeness (QED) is 0.780. The van der Waals surface area contributed by atoms with Gasteiger partial charge in [-0.1, -0.05) is 0 Å². The molecule has 2 nitrogen and oxygen atoms in total. The molecule has 0 amide bonds. The molecule has 1 atom stereocenters. The van der Waals surface area contributed by atoms with Gasteiger partial charge >= 0.3 is 0 Å². The summed E-state index contributed by atoms with van der Waals surface area (Å²) in [6.45, 7) is 3.68. The number of phenols is 1. The van der Waals surface area contributed by atoms with Gasteiger partial charge in [0.2, 0.25) is 0 Å². The van der Waals surface area contributed by atoms with E-state index in [1.807, 2.05) is 0 Å². The molecule has 82 valence electrons. The van der Waals surface area contributed by atoms with Crippen LogP contribution in [0.2, 0.25) is 0 Å². The molecule has 2 rings (SSSR count). The third-order valence-electron chi connectivity index (χ3n) is 3.04. The fourth-order valence-corrected chi connectivity index (χ4v) is 2.06. The van der Waals surface area contributed by atoms with Gasteiger partial charge in [-0.05, 0) is 62.0 Å². The predicted molar refractivity (Wildman–Crippen MR) is 57.5 cm³/mol. The highest BCUT2D eigenvalue weighted by Gasteiger charge is 2.17. The number of phenolic OH excluding ortho intramolecular Hbond substituents is 1. The Morgan fingerprint density at radius 2 is 2.33 bits per heavy atom. The average Bonchev–Trinajstić information content (AvgIpc) is 2.67. The first kappa shape index (κ1) is 10.4. The summed E-state index contributed by atoms with van der Waals surface area (Å²) >= 11 is 0. The molecule has 3 heteroatoms. The van der Waals surface area contributed by atoms with Gasteiger partial charge in [0.15, 0.2) is 0 Å². The highest BCUT2D eigenvalue weighted by molar-refractivity contribution is 5.36. The summed E-state index contributed by atoms with van der Waals surface area (Å²) in [6.07, 6.45) is 1.81. The molecule has 1 aromatic carbocycles. The van der Waals surface area contributed by atoms with Crippen molar-refractivity contribution in [3.63, 3.8) is 0 Å². The zero-order valence-electron chi connectivity index (χ0n) is 8.89. The fraction of sp³-hybridized carbons (Fsp3) is 0.500. The Kier molecular flexibility index (Phi) is 2.91. The zero-order chi connectivity index (χ0) is 10.8. The maximum Gasteiger partial charge on any atom is 0.126 e. The van der Waals surface area contributed by atoms with Crippen LogP contribution in [0.1, 0.15) is 17.5 Å². The van der Waals surface area contributed by atoms with Crippen molar-refractivity contribution < 1.29 is 9.50 Å². The van der Waals surface area contributed by atoms with Gasteiger partial charge in [-0.3, -0.25) is 0 Å². The van der Waals surface area contributed by atoms with Gasteiger partial charge in [0.25, 0.3) is 0 Å². The molecule has 1 fully saturated rings. The van der Waals surface area contributed by atoms with Crippen molar-refractivity contribution in [3.8, 4) is 5.75 Å². The number of benzene rings is 1. The van der Waals surface area contributed by atoms with Gasteiger partial charge in [-0.15, -0.1) is 0 Å². The minimum atomic E-state index is -0.197. The monoisotopic (exact) mass is 209 g/mol. The van der Waals surface area contributed by atoms with Gasteiger partial charge in [0.05, 0.1) is 0 Å². The van der Waals surface area contributed by atoms with E-state index in [1.165, 1.54) is 6.07 Å². The fourth-order valence-electron chi connectivity index (χ4n) is 2.06. The first-order chi connectivity index (χ1) is 7.16. The van der Waals surface area contributed by atoms with Gasteiger partial charge in [0.1, 0.15) is 11.6 Å². The SMILES string of the molecule is Cc1cc(F)c(CC2CCNC2)cc1O. The Bertz CT molecular complexity index is 359. The van der Waals surface area contributed by atoms with Crippen LogP contribution in [0.4, 0.5) is 4.39 Å². The number of halogens is 1. The summed E-state index contributed by atoms with van der Waals surface area (Å²) in [6, 6.07) is 2.97. The summed E-state index contributed by atoms with van der Waals surface area (Å²) in [5.41, 5.74) is 1.23. The van der Waals surface area contributed by atoms with E-state index in [-0.39, 0.29) is 11.6 Å². The lowest BCUT2D eigenvalue weighted by Gasteiger charge is -2.10. The van der Waals surface area contributed by atoms with Crippen LogP contribution < -0.4 is 5.32 Å². The van der Waals surface area contributed by atoms with E-state index in [2.05, 4.69) is 5.32 Å². The third kappa shape index (κ3) is 2.29. The van der Waals surface area contributed by atoms with Gasteiger partial charge in [-0.2, -0.15) is 0 Å². The number of rotatable bonds is 2. The van der Waals surface area contributed by atoms with Crippen LogP contribution in [-0.4, -0.2) is 18.2 Å². The lowest BCUT2D eigenvalue weighted by molar-refractivity contribution is 0.464. The summed E-state index contributed by atoms with van der Waals surface area (Å²) in [7, 11) is 0. The van der Waals surface area contributed by atoms with Crippen LogP contribution in [0.15, 0.2) is 12.1 Å². The highest BCUT2D eigenvalue weighted by atomic mass is 19.1. The molecule has 0 spiro atoms. The molecule has 1 aliphatic rings. The van der Waals surface area contributed by atoms with Crippen molar-refractivity contribution in [2.75, 3.05) is 13.1 Å². The number of aromatic hydroxyl groups is 1. The second-order valence-electron chi connectivity index (χ2n) is 4.29. The van der Waals surface area contributed by atoms with Gasteiger partial charge in [0, 0.05) is 0 Å². The normalized spacial score (nSPS) is 20.8. The van der Waals surface area contributed by atoms with Crippen molar-refractivity contribution in [3.05, 3.63) is 29.1 Å². The molecule has 1 saturated heterocycles. The zero-order valence-corrected chi connectivity index (χ0v) is 8.89. The van der Waals surface area contributed by atoms with E-state index >= 15 is 0 Å². The predicted octanol–water partition coefficient (Wildman–Crippen LogP) is 1.99. The van der Waals surface area contributed by atoms with Crippen molar-refractivity contribution in [2.45, 2.75) is 19.8 Å². The Morgan fingerprint density at radius 1 is 1.53 bits per heavy atom. The molecule has 1 aliphatic heterocycles. The summed E-state index contributed by atoms with van der Waals surface area (Å²) in [5, 5.41) is 12.8. The minimum Gasteiger partial charge on any atom is -0.508 e.